The molecule has 0 fully saturated rings. The minimum Gasteiger partial charge on any atom is -0.483 e. The Bertz CT molecular complexity index is 755. The molecule has 1 N–H and O–H groups in total. The minimum absolute atomic E-state index is 0.0757. The number of hydrogen-bond acceptors (Lipinski definition) is 4. The SMILES string of the molecule is CCCOC(=O)c1ccc(NC(=O)COc2ccccc2C(C)CC)cc1. The summed E-state index contributed by atoms with van der Waals surface area (Å²) >= 11 is 0. The summed E-state index contributed by atoms with van der Waals surface area (Å²) in [5.41, 5.74) is 2.16. The number of para-hydroxylation sites is 1. The van der Waals surface area contributed by atoms with Crippen molar-refractivity contribution in [1.29, 1.82) is 0 Å². The van der Waals surface area contributed by atoms with Crippen molar-refractivity contribution in [2.24, 2.45) is 0 Å². The molecule has 1 amide bonds. The lowest BCUT2D eigenvalue weighted by Gasteiger charge is -2.15. The number of esters is 1. The van der Waals surface area contributed by atoms with Crippen LogP contribution < -0.4 is 10.1 Å². The van der Waals surface area contributed by atoms with Crippen LogP contribution in [0.4, 0.5) is 5.69 Å². The number of benzene rings is 2. The number of nitrogens with one attached hydrogen (secondary N) is 1. The first-order valence-electron chi connectivity index (χ1n) is 9.33. The van der Waals surface area contributed by atoms with E-state index in [4.69, 9.17) is 9.47 Å². The number of carbonyl (C=O) groups excluding carboxylic acids is 2. The maximum absolute atomic E-state index is 12.2. The van der Waals surface area contributed by atoms with E-state index in [2.05, 4.69) is 19.2 Å². The third-order valence-electron chi connectivity index (χ3n) is 4.26. The lowest BCUT2D eigenvalue weighted by Crippen LogP contribution is -2.20. The van der Waals surface area contributed by atoms with Crippen molar-refractivity contribution in [2.45, 2.75) is 39.5 Å². The van der Waals surface area contributed by atoms with Crippen molar-refractivity contribution in [1.82, 2.24) is 0 Å². The molecule has 2 aromatic carbocycles. The summed E-state index contributed by atoms with van der Waals surface area (Å²) in [5.74, 6) is 0.482. The summed E-state index contributed by atoms with van der Waals surface area (Å²) < 4.78 is 10.8. The highest BCUT2D eigenvalue weighted by Crippen LogP contribution is 2.28. The van der Waals surface area contributed by atoms with Gasteiger partial charge in [0.25, 0.3) is 5.91 Å². The zero-order chi connectivity index (χ0) is 19.6. The molecule has 0 saturated carbocycles. The van der Waals surface area contributed by atoms with E-state index >= 15 is 0 Å². The van der Waals surface area contributed by atoms with Crippen LogP contribution >= 0.6 is 0 Å². The summed E-state index contributed by atoms with van der Waals surface area (Å²) in [6.07, 6.45) is 1.78. The molecule has 5 heteroatoms. The van der Waals surface area contributed by atoms with Gasteiger partial charge >= 0.3 is 5.97 Å². The van der Waals surface area contributed by atoms with Crippen molar-refractivity contribution >= 4 is 17.6 Å². The van der Waals surface area contributed by atoms with Crippen LogP contribution in [0.15, 0.2) is 48.5 Å². The van der Waals surface area contributed by atoms with Crippen molar-refractivity contribution in [3.05, 3.63) is 59.7 Å². The molecule has 0 radical (unpaired) electrons. The number of amides is 1. The smallest absolute Gasteiger partial charge is 0.338 e. The van der Waals surface area contributed by atoms with E-state index in [1.54, 1.807) is 24.3 Å². The van der Waals surface area contributed by atoms with E-state index in [0.717, 1.165) is 24.2 Å². The van der Waals surface area contributed by atoms with Gasteiger partial charge in [-0.3, -0.25) is 4.79 Å². The first kappa shape index (κ1) is 20.5. The van der Waals surface area contributed by atoms with Crippen molar-refractivity contribution < 1.29 is 19.1 Å². The Morgan fingerprint density at radius 3 is 2.41 bits per heavy atom. The Hall–Kier alpha value is -2.82. The van der Waals surface area contributed by atoms with E-state index in [9.17, 15) is 9.59 Å². The number of carbonyl (C=O) groups is 2. The van der Waals surface area contributed by atoms with Gasteiger partial charge in [0.15, 0.2) is 6.61 Å². The first-order chi connectivity index (χ1) is 13.0. The zero-order valence-corrected chi connectivity index (χ0v) is 16.2. The van der Waals surface area contributed by atoms with Crippen LogP contribution in [0.5, 0.6) is 5.75 Å². The van der Waals surface area contributed by atoms with Gasteiger partial charge in [0.1, 0.15) is 5.75 Å². The second-order valence-electron chi connectivity index (χ2n) is 6.40. The molecule has 0 aliphatic heterocycles. The number of anilines is 1. The molecule has 0 aromatic heterocycles. The molecule has 27 heavy (non-hydrogen) atoms. The monoisotopic (exact) mass is 369 g/mol. The summed E-state index contributed by atoms with van der Waals surface area (Å²) in [7, 11) is 0. The third kappa shape index (κ3) is 6.13. The van der Waals surface area contributed by atoms with Crippen LogP contribution in [0.25, 0.3) is 0 Å². The van der Waals surface area contributed by atoms with Crippen LogP contribution in [-0.2, 0) is 9.53 Å². The molecule has 2 rings (SSSR count). The summed E-state index contributed by atoms with van der Waals surface area (Å²) in [6, 6.07) is 14.4. The molecule has 144 valence electrons. The molecular weight excluding hydrogens is 342 g/mol. The normalized spacial score (nSPS) is 11.5. The van der Waals surface area contributed by atoms with Gasteiger partial charge in [-0.05, 0) is 54.7 Å². The average Bonchev–Trinajstić information content (AvgIpc) is 2.70. The summed E-state index contributed by atoms with van der Waals surface area (Å²) in [5, 5.41) is 2.77. The van der Waals surface area contributed by atoms with Gasteiger partial charge in [-0.2, -0.15) is 0 Å². The van der Waals surface area contributed by atoms with Crippen LogP contribution in [-0.4, -0.2) is 25.1 Å². The molecule has 5 nitrogen and oxygen atoms in total. The van der Waals surface area contributed by atoms with E-state index in [-0.39, 0.29) is 18.5 Å². The van der Waals surface area contributed by atoms with Gasteiger partial charge in [0.05, 0.1) is 12.2 Å². The predicted molar refractivity (Wildman–Crippen MR) is 106 cm³/mol. The number of rotatable bonds is 9. The molecule has 0 spiro atoms. The van der Waals surface area contributed by atoms with E-state index < -0.39 is 0 Å². The second-order valence-corrected chi connectivity index (χ2v) is 6.40. The third-order valence-corrected chi connectivity index (χ3v) is 4.26. The molecule has 1 atom stereocenters. The Morgan fingerprint density at radius 2 is 1.74 bits per heavy atom. The molecule has 0 saturated heterocycles. The Kier molecular flexibility index (Phi) is 7.86. The van der Waals surface area contributed by atoms with Gasteiger partial charge in [0.2, 0.25) is 0 Å². The lowest BCUT2D eigenvalue weighted by molar-refractivity contribution is -0.118. The van der Waals surface area contributed by atoms with Crippen LogP contribution in [0.1, 0.15) is 55.5 Å². The molecule has 0 heterocycles. The summed E-state index contributed by atoms with van der Waals surface area (Å²) in [4.78, 5) is 23.9. The fourth-order valence-corrected chi connectivity index (χ4v) is 2.55. The second kappa shape index (κ2) is 10.4. The average molecular weight is 369 g/mol. The van der Waals surface area contributed by atoms with Crippen molar-refractivity contribution in [3.8, 4) is 5.75 Å². The maximum atomic E-state index is 12.2. The number of hydrogen-bond donors (Lipinski definition) is 1. The van der Waals surface area contributed by atoms with Gasteiger partial charge in [-0.1, -0.05) is 39.0 Å². The zero-order valence-electron chi connectivity index (χ0n) is 16.2. The maximum Gasteiger partial charge on any atom is 0.338 e. The van der Waals surface area contributed by atoms with E-state index in [0.29, 0.717) is 23.8 Å². The predicted octanol–water partition coefficient (Wildman–Crippen LogP) is 4.78. The van der Waals surface area contributed by atoms with Crippen molar-refractivity contribution in [2.75, 3.05) is 18.5 Å². The van der Waals surface area contributed by atoms with Gasteiger partial charge in [-0.15, -0.1) is 0 Å². The van der Waals surface area contributed by atoms with Gasteiger partial charge < -0.3 is 14.8 Å². The highest BCUT2D eigenvalue weighted by Gasteiger charge is 2.12. The van der Waals surface area contributed by atoms with Crippen LogP contribution in [0, 0.1) is 0 Å². The largest absolute Gasteiger partial charge is 0.483 e. The van der Waals surface area contributed by atoms with E-state index in [1.165, 1.54) is 0 Å². The standard InChI is InChI=1S/C22H27NO4/c1-4-14-26-22(25)17-10-12-18(13-11-17)23-21(24)15-27-20-9-7-6-8-19(20)16(3)5-2/h6-13,16H,4-5,14-15H2,1-3H3,(H,23,24). The fraction of sp³-hybridized carbons (Fsp3) is 0.364. The van der Waals surface area contributed by atoms with Crippen LogP contribution in [0.3, 0.4) is 0 Å². The highest BCUT2D eigenvalue weighted by atomic mass is 16.5. The molecule has 0 aliphatic rings. The summed E-state index contributed by atoms with van der Waals surface area (Å²) in [6.45, 7) is 6.51. The Labute approximate surface area is 160 Å². The van der Waals surface area contributed by atoms with Gasteiger partial charge in [0, 0.05) is 5.69 Å². The minimum atomic E-state index is -0.361. The Balaban J connectivity index is 1.90. The number of ether oxygens (including phenoxy) is 2. The Morgan fingerprint density at radius 1 is 1.04 bits per heavy atom. The first-order valence-corrected chi connectivity index (χ1v) is 9.33. The molecule has 0 aliphatic carbocycles. The topological polar surface area (TPSA) is 64.6 Å². The fourth-order valence-electron chi connectivity index (χ4n) is 2.55. The lowest BCUT2D eigenvalue weighted by atomic mass is 9.98. The molecule has 2 aromatic rings. The van der Waals surface area contributed by atoms with E-state index in [1.807, 2.05) is 31.2 Å². The highest BCUT2D eigenvalue weighted by molar-refractivity contribution is 5.93. The molecule has 0 bridgehead atoms. The van der Waals surface area contributed by atoms with Gasteiger partial charge in [-0.25, -0.2) is 4.79 Å². The van der Waals surface area contributed by atoms with Crippen molar-refractivity contribution in [3.63, 3.8) is 0 Å². The quantitative estimate of drug-likeness (QED) is 0.646. The molecular formula is C22H27NO4. The molecule has 1 unspecified atom stereocenters. The van der Waals surface area contributed by atoms with Crippen LogP contribution in [0.2, 0.25) is 0 Å².